The first-order chi connectivity index (χ1) is 12.9. The van der Waals surface area contributed by atoms with Crippen LogP contribution in [0.2, 0.25) is 0 Å². The van der Waals surface area contributed by atoms with E-state index in [0.29, 0.717) is 6.42 Å². The predicted octanol–water partition coefficient (Wildman–Crippen LogP) is 2.68. The molecule has 1 N–H and O–H groups in total. The third-order valence-electron chi connectivity index (χ3n) is 4.99. The number of benzene rings is 2. The van der Waals surface area contributed by atoms with E-state index < -0.39 is 10.0 Å². The minimum absolute atomic E-state index is 0.0435. The van der Waals surface area contributed by atoms with Crippen molar-refractivity contribution in [3.05, 3.63) is 71.3 Å². The number of nitrogens with zero attached hydrogens (tertiary/aromatic N) is 1. The van der Waals surface area contributed by atoms with Crippen LogP contribution < -0.4 is 5.32 Å². The van der Waals surface area contributed by atoms with E-state index in [0.717, 1.165) is 36.6 Å². The lowest BCUT2D eigenvalue weighted by atomic mass is 9.88. The highest BCUT2D eigenvalue weighted by molar-refractivity contribution is 7.88. The van der Waals surface area contributed by atoms with Crippen LogP contribution in [0.15, 0.2) is 54.6 Å². The fourth-order valence-electron chi connectivity index (χ4n) is 3.56. The molecule has 1 aliphatic rings. The highest BCUT2D eigenvalue weighted by Gasteiger charge is 2.24. The van der Waals surface area contributed by atoms with Gasteiger partial charge < -0.3 is 5.32 Å². The molecule has 0 bridgehead atoms. The maximum atomic E-state index is 12.6. The van der Waals surface area contributed by atoms with Crippen LogP contribution >= 0.6 is 0 Å². The minimum atomic E-state index is -3.46. The van der Waals surface area contributed by atoms with Crippen LogP contribution in [0, 0.1) is 0 Å². The Balaban J connectivity index is 1.63. The second-order valence-electron chi connectivity index (χ2n) is 7.04. The maximum Gasteiger partial charge on any atom is 0.235 e. The van der Waals surface area contributed by atoms with E-state index in [4.69, 9.17) is 0 Å². The normalized spacial score (nSPS) is 16.7. The van der Waals surface area contributed by atoms with Gasteiger partial charge in [0, 0.05) is 6.54 Å². The highest BCUT2D eigenvalue weighted by atomic mass is 32.2. The zero-order valence-electron chi connectivity index (χ0n) is 15.6. The van der Waals surface area contributed by atoms with Gasteiger partial charge in [-0.25, -0.2) is 8.42 Å². The number of carbonyl (C=O) groups excluding carboxylic acids is 1. The van der Waals surface area contributed by atoms with Gasteiger partial charge in [-0.05, 0) is 42.4 Å². The van der Waals surface area contributed by atoms with Gasteiger partial charge >= 0.3 is 0 Å². The molecule has 1 aliphatic carbocycles. The predicted molar refractivity (Wildman–Crippen MR) is 107 cm³/mol. The number of rotatable bonds is 7. The molecule has 144 valence electrons. The van der Waals surface area contributed by atoms with Crippen molar-refractivity contribution in [1.82, 2.24) is 9.62 Å². The quantitative estimate of drug-likeness (QED) is 0.796. The van der Waals surface area contributed by atoms with Gasteiger partial charge in [-0.1, -0.05) is 54.6 Å². The van der Waals surface area contributed by atoms with E-state index in [-0.39, 0.29) is 25.0 Å². The monoisotopic (exact) mass is 386 g/mol. The summed E-state index contributed by atoms with van der Waals surface area (Å²) in [5.74, 6) is -0.254. The Morgan fingerprint density at radius 1 is 1.11 bits per heavy atom. The van der Waals surface area contributed by atoms with E-state index in [1.165, 1.54) is 9.87 Å². The first kappa shape index (κ1) is 19.6. The van der Waals surface area contributed by atoms with Crippen molar-refractivity contribution in [2.24, 2.45) is 0 Å². The van der Waals surface area contributed by atoms with Crippen molar-refractivity contribution in [3.8, 4) is 0 Å². The number of carbonyl (C=O) groups is 1. The maximum absolute atomic E-state index is 12.6. The molecule has 0 saturated heterocycles. The summed E-state index contributed by atoms with van der Waals surface area (Å²) in [6, 6.07) is 17.8. The van der Waals surface area contributed by atoms with Crippen molar-refractivity contribution in [2.75, 3.05) is 19.3 Å². The molecule has 0 heterocycles. The third-order valence-corrected chi connectivity index (χ3v) is 6.24. The largest absolute Gasteiger partial charge is 0.348 e. The molecule has 0 fully saturated rings. The lowest BCUT2D eigenvalue weighted by Gasteiger charge is -2.27. The van der Waals surface area contributed by atoms with Crippen molar-refractivity contribution in [2.45, 2.75) is 31.7 Å². The number of nitrogens with one attached hydrogen (secondary N) is 1. The minimum Gasteiger partial charge on any atom is -0.348 e. The van der Waals surface area contributed by atoms with Crippen LogP contribution in [0.1, 0.15) is 35.6 Å². The second-order valence-corrected chi connectivity index (χ2v) is 9.03. The molecule has 3 rings (SSSR count). The van der Waals surface area contributed by atoms with Gasteiger partial charge in [0.25, 0.3) is 0 Å². The van der Waals surface area contributed by atoms with Crippen molar-refractivity contribution in [1.29, 1.82) is 0 Å². The molecule has 2 aromatic carbocycles. The lowest BCUT2D eigenvalue weighted by molar-refractivity contribution is -0.122. The average Bonchev–Trinajstić information content (AvgIpc) is 2.65. The summed E-state index contributed by atoms with van der Waals surface area (Å²) in [5, 5.41) is 3.03. The average molecular weight is 387 g/mol. The fraction of sp³-hybridized carbons (Fsp3) is 0.381. The Bertz CT molecular complexity index is 881. The molecule has 27 heavy (non-hydrogen) atoms. The van der Waals surface area contributed by atoms with Gasteiger partial charge in [0.2, 0.25) is 15.9 Å². The van der Waals surface area contributed by atoms with Gasteiger partial charge in [-0.2, -0.15) is 4.31 Å². The van der Waals surface area contributed by atoms with E-state index >= 15 is 0 Å². The Labute approximate surface area is 161 Å². The zero-order chi connectivity index (χ0) is 19.3. The van der Waals surface area contributed by atoms with Crippen LogP contribution in [-0.4, -0.2) is 38.0 Å². The van der Waals surface area contributed by atoms with E-state index in [1.54, 1.807) is 0 Å². The van der Waals surface area contributed by atoms with Crippen LogP contribution in [0.3, 0.4) is 0 Å². The third kappa shape index (κ3) is 5.40. The Hall–Kier alpha value is -2.18. The van der Waals surface area contributed by atoms with Crippen LogP contribution in [0.4, 0.5) is 0 Å². The first-order valence-electron chi connectivity index (χ1n) is 9.30. The topological polar surface area (TPSA) is 66.5 Å². The fourth-order valence-corrected chi connectivity index (χ4v) is 4.34. The molecule has 2 aromatic rings. The van der Waals surface area contributed by atoms with E-state index in [2.05, 4.69) is 11.4 Å². The van der Waals surface area contributed by atoms with Gasteiger partial charge in [-0.3, -0.25) is 4.79 Å². The molecule has 0 saturated carbocycles. The molecular formula is C21H26N2O3S. The summed E-state index contributed by atoms with van der Waals surface area (Å²) in [5.41, 5.74) is 3.46. The molecular weight excluding hydrogens is 360 g/mol. The Morgan fingerprint density at radius 3 is 2.56 bits per heavy atom. The van der Waals surface area contributed by atoms with Gasteiger partial charge in [0.05, 0.1) is 18.8 Å². The van der Waals surface area contributed by atoms with E-state index in [9.17, 15) is 13.2 Å². The molecule has 5 nitrogen and oxygen atoms in total. The summed E-state index contributed by atoms with van der Waals surface area (Å²) in [7, 11) is -3.46. The van der Waals surface area contributed by atoms with Gasteiger partial charge in [-0.15, -0.1) is 0 Å². The second kappa shape index (κ2) is 8.67. The number of hydrogen-bond acceptors (Lipinski definition) is 3. The molecule has 0 aromatic heterocycles. The molecule has 1 amide bonds. The Morgan fingerprint density at radius 2 is 1.81 bits per heavy atom. The number of sulfonamides is 1. The van der Waals surface area contributed by atoms with E-state index in [1.807, 2.05) is 48.5 Å². The Kier molecular flexibility index (Phi) is 6.29. The smallest absolute Gasteiger partial charge is 0.235 e. The highest BCUT2D eigenvalue weighted by Crippen LogP contribution is 2.29. The summed E-state index contributed by atoms with van der Waals surface area (Å²) >= 11 is 0. The van der Waals surface area contributed by atoms with Crippen LogP contribution in [-0.2, 0) is 27.7 Å². The zero-order valence-corrected chi connectivity index (χ0v) is 16.4. The lowest BCUT2D eigenvalue weighted by Crippen LogP contribution is -2.42. The van der Waals surface area contributed by atoms with Crippen molar-refractivity contribution >= 4 is 15.9 Å². The molecule has 0 aliphatic heterocycles. The SMILES string of the molecule is CS(=O)(=O)N(CCc1ccccc1)CC(=O)NC1CCCc2ccccc21. The van der Waals surface area contributed by atoms with Crippen molar-refractivity contribution < 1.29 is 13.2 Å². The summed E-state index contributed by atoms with van der Waals surface area (Å²) in [4.78, 5) is 12.6. The summed E-state index contributed by atoms with van der Waals surface area (Å²) in [6.07, 6.45) is 4.65. The number of hydrogen-bond donors (Lipinski definition) is 1. The summed E-state index contributed by atoms with van der Waals surface area (Å²) < 4.78 is 25.5. The number of fused-ring (bicyclic) bond motifs is 1. The molecule has 6 heteroatoms. The molecule has 0 spiro atoms. The van der Waals surface area contributed by atoms with Crippen LogP contribution in [0.25, 0.3) is 0 Å². The molecule has 1 unspecified atom stereocenters. The number of aryl methyl sites for hydroxylation is 1. The standard InChI is InChI=1S/C21H26N2O3S/c1-27(25,26)23(15-14-17-8-3-2-4-9-17)16-21(24)22-20-13-7-11-18-10-5-6-12-19(18)20/h2-6,8-10,12,20H,7,11,13-16H2,1H3,(H,22,24). The van der Waals surface area contributed by atoms with Crippen LogP contribution in [0.5, 0.6) is 0 Å². The molecule has 0 radical (unpaired) electrons. The number of amides is 1. The summed E-state index contributed by atoms with van der Waals surface area (Å²) in [6.45, 7) is 0.141. The first-order valence-corrected chi connectivity index (χ1v) is 11.1. The van der Waals surface area contributed by atoms with Gasteiger partial charge in [0.15, 0.2) is 0 Å². The van der Waals surface area contributed by atoms with Crippen molar-refractivity contribution in [3.63, 3.8) is 0 Å². The van der Waals surface area contributed by atoms with Gasteiger partial charge in [0.1, 0.15) is 0 Å². The molecule has 1 atom stereocenters.